The lowest BCUT2D eigenvalue weighted by molar-refractivity contribution is -0.597. The van der Waals surface area contributed by atoms with E-state index >= 15 is 0 Å². The SMILES string of the molecule is Cc1ccc([I+]c2ccc(CC(C)C)cc2)cc1.O=S(=O)([O-])C(F)(F)C(F)(F)F. The van der Waals surface area contributed by atoms with Gasteiger partial charge in [-0.2, -0.15) is 22.0 Å². The second kappa shape index (κ2) is 10.2. The van der Waals surface area contributed by atoms with Crippen molar-refractivity contribution < 1.29 is 56.1 Å². The van der Waals surface area contributed by atoms with Gasteiger partial charge < -0.3 is 4.55 Å². The van der Waals surface area contributed by atoms with E-state index in [-0.39, 0.29) is 21.2 Å². The molecule has 0 N–H and O–H groups in total. The first kappa shape index (κ1) is 25.8. The van der Waals surface area contributed by atoms with Crippen LogP contribution in [0.1, 0.15) is 25.0 Å². The smallest absolute Gasteiger partial charge is 0.468 e. The van der Waals surface area contributed by atoms with Gasteiger partial charge in [-0.25, -0.2) is 8.42 Å². The van der Waals surface area contributed by atoms with Crippen molar-refractivity contribution in [1.82, 2.24) is 0 Å². The third-order valence-electron chi connectivity index (χ3n) is 3.43. The molecule has 29 heavy (non-hydrogen) atoms. The lowest BCUT2D eigenvalue weighted by Crippen LogP contribution is -3.61. The van der Waals surface area contributed by atoms with Gasteiger partial charge in [-0.15, -0.1) is 0 Å². The summed E-state index contributed by atoms with van der Waals surface area (Å²) in [5.41, 5.74) is 2.80. The zero-order chi connectivity index (χ0) is 22.5. The van der Waals surface area contributed by atoms with Gasteiger partial charge in [-0.1, -0.05) is 43.7 Å². The summed E-state index contributed by atoms with van der Waals surface area (Å²) in [5, 5.41) is -6.21. The molecule has 0 spiro atoms. The van der Waals surface area contributed by atoms with E-state index in [9.17, 15) is 34.9 Å². The molecule has 0 aliphatic heterocycles. The molecular weight excluding hydrogens is 530 g/mol. The first-order valence-electron chi connectivity index (χ1n) is 8.34. The maximum atomic E-state index is 11.4. The summed E-state index contributed by atoms with van der Waals surface area (Å²) in [4.78, 5) is 0. The molecule has 0 aromatic heterocycles. The first-order valence-corrected chi connectivity index (χ1v) is 11.9. The highest BCUT2D eigenvalue weighted by molar-refractivity contribution is 7.86. The lowest BCUT2D eigenvalue weighted by atomic mass is 10.0. The molecule has 0 aliphatic rings. The van der Waals surface area contributed by atoms with E-state index in [1.54, 1.807) is 0 Å². The Labute approximate surface area is 177 Å². The fourth-order valence-electron chi connectivity index (χ4n) is 2.02. The van der Waals surface area contributed by atoms with E-state index < -0.39 is 21.5 Å². The maximum absolute atomic E-state index is 11.4. The van der Waals surface area contributed by atoms with Crippen molar-refractivity contribution in [2.75, 3.05) is 0 Å². The third-order valence-corrected chi connectivity index (χ3v) is 6.97. The number of benzene rings is 2. The molecule has 0 bridgehead atoms. The zero-order valence-corrected chi connectivity index (χ0v) is 18.8. The van der Waals surface area contributed by atoms with Gasteiger partial charge in [-0.3, -0.25) is 0 Å². The van der Waals surface area contributed by atoms with Crippen LogP contribution in [0.3, 0.4) is 0 Å². The molecule has 3 nitrogen and oxygen atoms in total. The lowest BCUT2D eigenvalue weighted by Gasteiger charge is -2.21. The van der Waals surface area contributed by atoms with Crippen LogP contribution in [0.5, 0.6) is 0 Å². The van der Waals surface area contributed by atoms with Crippen molar-refractivity contribution in [2.45, 2.75) is 38.6 Å². The fraction of sp³-hybridized carbons (Fsp3) is 0.368. The maximum Gasteiger partial charge on any atom is 0.468 e. The molecule has 2 rings (SSSR count). The van der Waals surface area contributed by atoms with Gasteiger partial charge in [-0.05, 0) is 49.1 Å². The molecule has 0 fully saturated rings. The zero-order valence-electron chi connectivity index (χ0n) is 15.8. The van der Waals surface area contributed by atoms with Crippen LogP contribution in [0.15, 0.2) is 48.5 Å². The minimum atomic E-state index is -6.67. The van der Waals surface area contributed by atoms with Crippen LogP contribution in [-0.2, 0) is 16.5 Å². The molecule has 0 atom stereocenters. The second-order valence-corrected chi connectivity index (χ2v) is 11.0. The summed E-state index contributed by atoms with van der Waals surface area (Å²) in [7, 11) is -6.67. The summed E-state index contributed by atoms with van der Waals surface area (Å²) in [5.74, 6) is 0.739. The van der Waals surface area contributed by atoms with Crippen molar-refractivity contribution >= 4 is 10.1 Å². The number of aryl methyl sites for hydroxylation is 1. The van der Waals surface area contributed by atoms with Gasteiger partial charge in [0, 0.05) is 0 Å². The van der Waals surface area contributed by atoms with Crippen LogP contribution in [0, 0.1) is 20.0 Å². The van der Waals surface area contributed by atoms with Crippen LogP contribution in [0.2, 0.25) is 0 Å². The average Bonchev–Trinajstić information content (AvgIpc) is 2.57. The van der Waals surface area contributed by atoms with Crippen LogP contribution in [0.4, 0.5) is 22.0 Å². The van der Waals surface area contributed by atoms with Crippen molar-refractivity contribution in [3.05, 3.63) is 66.8 Å². The normalized spacial score (nSPS) is 12.5. The number of alkyl halides is 5. The van der Waals surface area contributed by atoms with Crippen molar-refractivity contribution in [1.29, 1.82) is 0 Å². The standard InChI is InChI=1S/C17H20I.C2HF5O3S/c1-13(2)12-15-6-10-17(11-7-15)18-16-8-4-14(3)5-9-16;3-1(4,5)2(6,7)11(8,9)10/h4-11,13H,12H2,1-3H3;(H,8,9,10)/q+1;/p-1. The fourth-order valence-corrected chi connectivity index (χ4v) is 4.46. The number of hydrogen-bond acceptors (Lipinski definition) is 3. The Bertz CT molecular complexity index is 878. The predicted molar refractivity (Wildman–Crippen MR) is 94.3 cm³/mol. The van der Waals surface area contributed by atoms with Crippen LogP contribution >= 0.6 is 0 Å². The summed E-state index contributed by atoms with van der Waals surface area (Å²) < 4.78 is 86.6. The molecule has 162 valence electrons. The molecule has 0 saturated heterocycles. The Hall–Kier alpha value is -1.27. The van der Waals surface area contributed by atoms with E-state index in [1.807, 2.05) is 0 Å². The minimum Gasteiger partial charge on any atom is -0.743 e. The molecule has 0 aliphatic carbocycles. The third kappa shape index (κ3) is 8.17. The Morgan fingerprint density at radius 2 is 1.31 bits per heavy atom. The van der Waals surface area contributed by atoms with Gasteiger partial charge in [0.1, 0.15) is 0 Å². The summed E-state index contributed by atoms with van der Waals surface area (Å²) in [6.07, 6.45) is -5.17. The number of halogens is 6. The summed E-state index contributed by atoms with van der Waals surface area (Å²) in [6, 6.07) is 18.2. The van der Waals surface area contributed by atoms with E-state index in [2.05, 4.69) is 69.3 Å². The van der Waals surface area contributed by atoms with Gasteiger partial charge in [0.15, 0.2) is 17.3 Å². The monoisotopic (exact) mass is 550 g/mol. The Balaban J connectivity index is 0.000000331. The largest absolute Gasteiger partial charge is 0.743 e. The average molecular weight is 550 g/mol. The van der Waals surface area contributed by atoms with E-state index in [0.717, 1.165) is 5.92 Å². The summed E-state index contributed by atoms with van der Waals surface area (Å²) >= 11 is -0.0179. The molecule has 10 heteroatoms. The summed E-state index contributed by atoms with van der Waals surface area (Å²) in [6.45, 7) is 6.68. The highest BCUT2D eigenvalue weighted by Gasteiger charge is 2.63. The van der Waals surface area contributed by atoms with Gasteiger partial charge in [0.05, 0.1) is 0 Å². The van der Waals surface area contributed by atoms with Gasteiger partial charge >= 0.3 is 32.6 Å². The molecule has 0 radical (unpaired) electrons. The number of hydrogen-bond donors (Lipinski definition) is 0. The van der Waals surface area contributed by atoms with E-state index in [1.165, 1.54) is 24.7 Å². The second-order valence-electron chi connectivity index (χ2n) is 6.58. The van der Waals surface area contributed by atoms with Crippen molar-refractivity contribution in [2.24, 2.45) is 5.92 Å². The molecular formula is C19H20F5IO3S. The van der Waals surface area contributed by atoms with Gasteiger partial charge in [0.25, 0.3) is 0 Å². The van der Waals surface area contributed by atoms with Crippen LogP contribution in [-0.4, -0.2) is 24.4 Å². The minimum absolute atomic E-state index is 0.0179. The molecule has 0 saturated carbocycles. The van der Waals surface area contributed by atoms with E-state index in [4.69, 9.17) is 0 Å². The molecule has 0 heterocycles. The highest BCUT2D eigenvalue weighted by atomic mass is 127. The van der Waals surface area contributed by atoms with Crippen molar-refractivity contribution in [3.63, 3.8) is 0 Å². The van der Waals surface area contributed by atoms with Gasteiger partial charge in [0.2, 0.25) is 0 Å². The highest BCUT2D eigenvalue weighted by Crippen LogP contribution is 2.38. The number of rotatable bonds is 5. The Morgan fingerprint density at radius 1 is 0.897 bits per heavy atom. The van der Waals surface area contributed by atoms with Crippen molar-refractivity contribution in [3.8, 4) is 0 Å². The predicted octanol–water partition coefficient (Wildman–Crippen LogP) is 2.01. The Morgan fingerprint density at radius 3 is 1.62 bits per heavy atom. The quantitative estimate of drug-likeness (QED) is 0.326. The van der Waals surface area contributed by atoms with Crippen LogP contribution in [0.25, 0.3) is 0 Å². The topological polar surface area (TPSA) is 57.2 Å². The Kier molecular flexibility index (Phi) is 9.03. The molecule has 2 aromatic rings. The molecule has 2 aromatic carbocycles. The van der Waals surface area contributed by atoms with Crippen LogP contribution < -0.4 is 21.2 Å². The molecule has 0 unspecified atom stereocenters. The van der Waals surface area contributed by atoms with E-state index in [0.29, 0.717) is 0 Å². The first-order chi connectivity index (χ1) is 13.1. The molecule has 0 amide bonds.